The van der Waals surface area contributed by atoms with Crippen molar-refractivity contribution in [2.45, 2.75) is 18.8 Å². The van der Waals surface area contributed by atoms with Crippen LogP contribution in [0.25, 0.3) is 0 Å². The zero-order chi connectivity index (χ0) is 15.4. The molecule has 4 nitrogen and oxygen atoms in total. The summed E-state index contributed by atoms with van der Waals surface area (Å²) in [5.41, 5.74) is 1.48. The highest BCUT2D eigenvalue weighted by Crippen LogP contribution is 2.46. The van der Waals surface area contributed by atoms with Gasteiger partial charge in [0, 0.05) is 39.7 Å². The number of aliphatic imine (C=N–C) groups is 1. The zero-order valence-electron chi connectivity index (χ0n) is 13.7. The molecule has 3 rings (SSSR count). The van der Waals surface area contributed by atoms with E-state index in [4.69, 9.17) is 4.74 Å². The molecule has 0 aromatic heterocycles. The van der Waals surface area contributed by atoms with E-state index in [2.05, 4.69) is 45.5 Å². The van der Waals surface area contributed by atoms with Crippen LogP contribution in [0.5, 0.6) is 0 Å². The zero-order valence-corrected chi connectivity index (χ0v) is 13.7. The lowest BCUT2D eigenvalue weighted by atomic mass is 10.1. The van der Waals surface area contributed by atoms with Crippen LogP contribution in [0.3, 0.4) is 0 Å². The molecule has 0 spiro atoms. The van der Waals surface area contributed by atoms with Crippen molar-refractivity contribution < 1.29 is 4.74 Å². The summed E-state index contributed by atoms with van der Waals surface area (Å²) in [6.45, 7) is 4.02. The first-order chi connectivity index (χ1) is 10.8. The number of nitrogens with zero attached hydrogens (tertiary/aromatic N) is 2. The average molecular weight is 301 g/mol. The highest BCUT2D eigenvalue weighted by atomic mass is 16.5. The average Bonchev–Trinajstić information content (AvgIpc) is 3.19. The molecule has 1 aromatic carbocycles. The third kappa shape index (κ3) is 3.61. The molecule has 2 fully saturated rings. The van der Waals surface area contributed by atoms with Gasteiger partial charge < -0.3 is 15.0 Å². The SMILES string of the molecule is CN=C(NCC1CC1c1ccccc1)N1CCC(COC)C1. The van der Waals surface area contributed by atoms with Gasteiger partial charge in [0.1, 0.15) is 0 Å². The van der Waals surface area contributed by atoms with Crippen LogP contribution in [0.1, 0.15) is 24.3 Å². The summed E-state index contributed by atoms with van der Waals surface area (Å²) in [7, 11) is 3.67. The number of hydrogen-bond donors (Lipinski definition) is 1. The fourth-order valence-electron chi connectivity index (χ4n) is 3.53. The first-order valence-electron chi connectivity index (χ1n) is 8.31. The minimum absolute atomic E-state index is 0.640. The van der Waals surface area contributed by atoms with E-state index in [0.29, 0.717) is 5.92 Å². The van der Waals surface area contributed by atoms with E-state index in [1.54, 1.807) is 7.11 Å². The fraction of sp³-hybridized carbons (Fsp3) is 0.611. The molecule has 0 amide bonds. The van der Waals surface area contributed by atoms with Crippen LogP contribution in [0.15, 0.2) is 35.3 Å². The molecule has 0 bridgehead atoms. The van der Waals surface area contributed by atoms with E-state index in [9.17, 15) is 0 Å². The molecular formula is C18H27N3O. The van der Waals surface area contributed by atoms with E-state index in [-0.39, 0.29) is 0 Å². The Labute approximate surface area is 133 Å². The topological polar surface area (TPSA) is 36.9 Å². The monoisotopic (exact) mass is 301 g/mol. The molecule has 120 valence electrons. The lowest BCUT2D eigenvalue weighted by Crippen LogP contribution is -2.41. The van der Waals surface area contributed by atoms with Gasteiger partial charge in [-0.25, -0.2) is 0 Å². The molecule has 4 heteroatoms. The molecule has 1 N–H and O–H groups in total. The summed E-state index contributed by atoms with van der Waals surface area (Å²) in [5.74, 6) is 3.17. The second-order valence-electron chi connectivity index (χ2n) is 6.50. The number of nitrogens with one attached hydrogen (secondary N) is 1. The van der Waals surface area contributed by atoms with Crippen LogP contribution in [-0.4, -0.2) is 51.3 Å². The van der Waals surface area contributed by atoms with Crippen molar-refractivity contribution in [3.63, 3.8) is 0 Å². The van der Waals surface area contributed by atoms with E-state index >= 15 is 0 Å². The largest absolute Gasteiger partial charge is 0.384 e. The summed E-state index contributed by atoms with van der Waals surface area (Å²) in [6, 6.07) is 10.9. The Bertz CT molecular complexity index is 502. The van der Waals surface area contributed by atoms with Gasteiger partial charge in [0.25, 0.3) is 0 Å². The van der Waals surface area contributed by atoms with Crippen molar-refractivity contribution in [1.29, 1.82) is 0 Å². The first-order valence-corrected chi connectivity index (χ1v) is 8.31. The fourth-order valence-corrected chi connectivity index (χ4v) is 3.53. The van der Waals surface area contributed by atoms with E-state index in [1.807, 2.05) is 7.05 Å². The van der Waals surface area contributed by atoms with Crippen LogP contribution in [0.4, 0.5) is 0 Å². The Balaban J connectivity index is 1.45. The molecule has 3 atom stereocenters. The minimum Gasteiger partial charge on any atom is -0.384 e. The van der Waals surface area contributed by atoms with Gasteiger partial charge in [0.15, 0.2) is 5.96 Å². The van der Waals surface area contributed by atoms with E-state index < -0.39 is 0 Å². The number of rotatable bonds is 5. The molecule has 22 heavy (non-hydrogen) atoms. The van der Waals surface area contributed by atoms with Gasteiger partial charge in [-0.15, -0.1) is 0 Å². The van der Waals surface area contributed by atoms with Crippen molar-refractivity contribution in [2.75, 3.05) is 40.4 Å². The summed E-state index contributed by atoms with van der Waals surface area (Å²) in [4.78, 5) is 6.82. The molecule has 1 aliphatic carbocycles. The number of likely N-dealkylation sites (tertiary alicyclic amines) is 1. The Morgan fingerprint density at radius 3 is 2.91 bits per heavy atom. The third-order valence-corrected chi connectivity index (χ3v) is 4.87. The molecule has 1 aliphatic heterocycles. The van der Waals surface area contributed by atoms with Crippen molar-refractivity contribution in [2.24, 2.45) is 16.8 Å². The van der Waals surface area contributed by atoms with Gasteiger partial charge in [-0.05, 0) is 30.2 Å². The van der Waals surface area contributed by atoms with Gasteiger partial charge in [-0.2, -0.15) is 0 Å². The summed E-state index contributed by atoms with van der Waals surface area (Å²) in [5, 5.41) is 3.57. The Hall–Kier alpha value is -1.55. The van der Waals surface area contributed by atoms with Crippen LogP contribution in [-0.2, 0) is 4.74 Å². The normalized spacial score (nSPS) is 28.0. The summed E-state index contributed by atoms with van der Waals surface area (Å²) < 4.78 is 5.27. The molecule has 1 saturated carbocycles. The van der Waals surface area contributed by atoms with Gasteiger partial charge in [0.2, 0.25) is 0 Å². The molecule has 1 saturated heterocycles. The predicted molar refractivity (Wildman–Crippen MR) is 90.2 cm³/mol. The van der Waals surface area contributed by atoms with Crippen LogP contribution >= 0.6 is 0 Å². The maximum atomic E-state index is 5.27. The lowest BCUT2D eigenvalue weighted by molar-refractivity contribution is 0.157. The second kappa shape index (κ2) is 7.14. The van der Waals surface area contributed by atoms with Crippen molar-refractivity contribution in [3.05, 3.63) is 35.9 Å². The van der Waals surface area contributed by atoms with Crippen LogP contribution in [0, 0.1) is 11.8 Å². The Kier molecular flexibility index (Phi) is 4.98. The van der Waals surface area contributed by atoms with Gasteiger partial charge in [-0.1, -0.05) is 30.3 Å². The number of methoxy groups -OCH3 is 1. The molecule has 2 aliphatic rings. The van der Waals surface area contributed by atoms with E-state index in [0.717, 1.165) is 44.0 Å². The van der Waals surface area contributed by atoms with Gasteiger partial charge >= 0.3 is 0 Å². The van der Waals surface area contributed by atoms with E-state index in [1.165, 1.54) is 18.4 Å². The highest BCUT2D eigenvalue weighted by Gasteiger charge is 2.38. The molecule has 1 heterocycles. The smallest absolute Gasteiger partial charge is 0.193 e. The van der Waals surface area contributed by atoms with Crippen LogP contribution < -0.4 is 5.32 Å². The van der Waals surface area contributed by atoms with Crippen molar-refractivity contribution in [3.8, 4) is 0 Å². The number of guanidine groups is 1. The number of benzene rings is 1. The molecule has 0 radical (unpaired) electrons. The predicted octanol–water partition coefficient (Wildman–Crippen LogP) is 2.33. The lowest BCUT2D eigenvalue weighted by Gasteiger charge is -2.21. The Morgan fingerprint density at radius 2 is 2.18 bits per heavy atom. The first kappa shape index (κ1) is 15.3. The van der Waals surface area contributed by atoms with Gasteiger partial charge in [0.05, 0.1) is 6.61 Å². The summed E-state index contributed by atoms with van der Waals surface area (Å²) >= 11 is 0. The second-order valence-corrected chi connectivity index (χ2v) is 6.50. The third-order valence-electron chi connectivity index (χ3n) is 4.87. The van der Waals surface area contributed by atoms with Crippen molar-refractivity contribution >= 4 is 5.96 Å². The molecular weight excluding hydrogens is 274 g/mol. The maximum Gasteiger partial charge on any atom is 0.193 e. The summed E-state index contributed by atoms with van der Waals surface area (Å²) in [6.07, 6.45) is 2.49. The molecule has 1 aromatic rings. The molecule has 3 unspecified atom stereocenters. The van der Waals surface area contributed by atoms with Crippen LogP contribution in [0.2, 0.25) is 0 Å². The van der Waals surface area contributed by atoms with Gasteiger partial charge in [-0.3, -0.25) is 4.99 Å². The number of hydrogen-bond acceptors (Lipinski definition) is 2. The van der Waals surface area contributed by atoms with Crippen molar-refractivity contribution in [1.82, 2.24) is 10.2 Å². The minimum atomic E-state index is 0.640. The number of ether oxygens (including phenoxy) is 1. The quantitative estimate of drug-likeness (QED) is 0.670. The highest BCUT2D eigenvalue weighted by molar-refractivity contribution is 5.80. The maximum absolute atomic E-state index is 5.27. The standard InChI is InChI=1S/C18H27N3O/c1-19-18(21-9-8-14(12-21)13-22-2)20-11-16-10-17(16)15-6-4-3-5-7-15/h3-7,14,16-17H,8-13H2,1-2H3,(H,19,20). The Morgan fingerprint density at radius 1 is 1.36 bits per heavy atom.